The van der Waals surface area contributed by atoms with Gasteiger partial charge in [-0.3, -0.25) is 9.59 Å². The van der Waals surface area contributed by atoms with Gasteiger partial charge in [-0.15, -0.1) is 0 Å². The number of rotatable bonds is 16. The van der Waals surface area contributed by atoms with Gasteiger partial charge in [-0.05, 0) is 54.7 Å². The molecule has 4 rings (SSSR count). The van der Waals surface area contributed by atoms with Crippen LogP contribution >= 0.6 is 0 Å². The molecule has 0 heterocycles. The fourth-order valence-electron chi connectivity index (χ4n) is 5.14. The molecule has 0 unspecified atom stereocenters. The van der Waals surface area contributed by atoms with Crippen molar-refractivity contribution in [3.05, 3.63) is 131 Å². The molecule has 0 fully saturated rings. The van der Waals surface area contributed by atoms with Crippen LogP contribution < -0.4 is 10.1 Å². The van der Waals surface area contributed by atoms with Gasteiger partial charge in [-0.1, -0.05) is 98.3 Å². The molecule has 0 aliphatic carbocycles. The molecule has 0 radical (unpaired) electrons. The number of carboxylic acid groups (broad SMARTS) is 1. The topological polar surface area (TPSA) is 95.9 Å². The van der Waals surface area contributed by atoms with Gasteiger partial charge in [0.25, 0.3) is 0 Å². The smallest absolute Gasteiger partial charge is 0.326 e. The van der Waals surface area contributed by atoms with Gasteiger partial charge in [-0.2, -0.15) is 0 Å². The van der Waals surface area contributed by atoms with E-state index in [0.29, 0.717) is 55.1 Å². The number of aryl methyl sites for hydroxylation is 1. The highest BCUT2D eigenvalue weighted by molar-refractivity contribution is 6.12. The van der Waals surface area contributed by atoms with Gasteiger partial charge >= 0.3 is 5.97 Å². The number of ketones is 1. The molecule has 4 aromatic carbocycles. The summed E-state index contributed by atoms with van der Waals surface area (Å²) in [6.45, 7) is 7.77. The van der Waals surface area contributed by atoms with Gasteiger partial charge in [0.1, 0.15) is 11.8 Å². The number of amides is 1. The van der Waals surface area contributed by atoms with E-state index in [9.17, 15) is 19.5 Å². The van der Waals surface area contributed by atoms with Gasteiger partial charge in [0, 0.05) is 42.7 Å². The lowest BCUT2D eigenvalue weighted by atomic mass is 10.00. The molecule has 45 heavy (non-hydrogen) atoms. The van der Waals surface area contributed by atoms with E-state index in [0.717, 1.165) is 11.1 Å². The van der Waals surface area contributed by atoms with Gasteiger partial charge in [0.05, 0.1) is 6.61 Å². The SMILES string of the molecule is Cc1cccc(CN(CCCOc2ccc(C[C@H](Nc3ccccc3C(=O)c3ccccc3)C(=O)O)cc2)C(=O)CC(C)C)c1. The Morgan fingerprint density at radius 1 is 0.844 bits per heavy atom. The van der Waals surface area contributed by atoms with Crippen molar-refractivity contribution < 1.29 is 24.2 Å². The molecule has 0 aliphatic rings. The van der Waals surface area contributed by atoms with E-state index in [4.69, 9.17) is 4.74 Å². The summed E-state index contributed by atoms with van der Waals surface area (Å²) in [4.78, 5) is 40.1. The second-order valence-corrected chi connectivity index (χ2v) is 11.7. The minimum Gasteiger partial charge on any atom is -0.494 e. The van der Waals surface area contributed by atoms with E-state index in [-0.39, 0.29) is 24.0 Å². The zero-order valence-corrected chi connectivity index (χ0v) is 26.2. The first-order chi connectivity index (χ1) is 21.7. The first-order valence-electron chi connectivity index (χ1n) is 15.4. The number of aliphatic carboxylic acids is 1. The van der Waals surface area contributed by atoms with Crippen molar-refractivity contribution in [2.45, 2.75) is 52.6 Å². The van der Waals surface area contributed by atoms with Crippen LogP contribution in [0, 0.1) is 12.8 Å². The number of ether oxygens (including phenoxy) is 1. The second-order valence-electron chi connectivity index (χ2n) is 11.7. The van der Waals surface area contributed by atoms with Crippen LogP contribution in [0.3, 0.4) is 0 Å². The monoisotopic (exact) mass is 606 g/mol. The number of anilines is 1. The van der Waals surface area contributed by atoms with Gasteiger partial charge < -0.3 is 20.1 Å². The fraction of sp³-hybridized carbons (Fsp3) is 0.289. The maximum absolute atomic E-state index is 13.1. The molecule has 0 aliphatic heterocycles. The molecule has 0 saturated carbocycles. The Labute approximate surface area is 265 Å². The number of nitrogens with one attached hydrogen (secondary N) is 1. The first kappa shape index (κ1) is 33.0. The van der Waals surface area contributed by atoms with Gasteiger partial charge in [-0.25, -0.2) is 4.79 Å². The lowest BCUT2D eigenvalue weighted by Crippen LogP contribution is -2.33. The van der Waals surface area contributed by atoms with Gasteiger partial charge in [0.15, 0.2) is 5.78 Å². The first-order valence-corrected chi connectivity index (χ1v) is 15.4. The molecule has 2 N–H and O–H groups in total. The maximum atomic E-state index is 13.1. The predicted octanol–water partition coefficient (Wildman–Crippen LogP) is 7.18. The molecule has 7 nitrogen and oxygen atoms in total. The third-order valence-electron chi connectivity index (χ3n) is 7.43. The Hall–Kier alpha value is -4.91. The summed E-state index contributed by atoms with van der Waals surface area (Å²) in [5.41, 5.74) is 4.53. The Kier molecular flexibility index (Phi) is 11.9. The van der Waals surface area contributed by atoms with E-state index in [2.05, 4.69) is 38.2 Å². The summed E-state index contributed by atoms with van der Waals surface area (Å²) in [5, 5.41) is 13.0. The molecule has 1 atom stereocenters. The van der Waals surface area contributed by atoms with Crippen molar-refractivity contribution in [1.82, 2.24) is 4.90 Å². The summed E-state index contributed by atoms with van der Waals surface area (Å²) >= 11 is 0. The summed E-state index contributed by atoms with van der Waals surface area (Å²) in [7, 11) is 0. The molecule has 0 saturated heterocycles. The van der Waals surface area contributed by atoms with Crippen LogP contribution in [0.4, 0.5) is 5.69 Å². The normalized spacial score (nSPS) is 11.6. The summed E-state index contributed by atoms with van der Waals surface area (Å²) in [6.07, 6.45) is 1.41. The standard InChI is InChI=1S/C38H42N2O5/c1-27(2)23-36(41)40(26-30-12-9-11-28(3)24-30)21-10-22-45-32-19-17-29(18-20-32)25-35(38(43)44)39-34-16-8-7-15-33(34)37(42)31-13-5-4-6-14-31/h4-9,11-20,24,27,35,39H,10,21-23,25-26H2,1-3H3,(H,43,44)/t35-/m0/s1. The van der Waals surface area contributed by atoms with Crippen molar-refractivity contribution in [2.75, 3.05) is 18.5 Å². The predicted molar refractivity (Wildman–Crippen MR) is 178 cm³/mol. The summed E-state index contributed by atoms with van der Waals surface area (Å²) < 4.78 is 5.97. The molecule has 7 heteroatoms. The second kappa shape index (κ2) is 16.2. The summed E-state index contributed by atoms with van der Waals surface area (Å²) in [5.74, 6) is -0.0817. The summed E-state index contributed by atoms with van der Waals surface area (Å²) in [6, 6.07) is 30.5. The number of nitrogens with zero attached hydrogens (tertiary/aromatic N) is 1. The van der Waals surface area contributed by atoms with Crippen LogP contribution in [0.5, 0.6) is 5.75 Å². The molecular formula is C38H42N2O5. The Morgan fingerprint density at radius 3 is 2.24 bits per heavy atom. The lowest BCUT2D eigenvalue weighted by Gasteiger charge is -2.24. The zero-order valence-electron chi connectivity index (χ0n) is 26.2. The third-order valence-corrected chi connectivity index (χ3v) is 7.43. The van der Waals surface area contributed by atoms with Crippen molar-refractivity contribution in [3.8, 4) is 5.75 Å². The van der Waals surface area contributed by atoms with Crippen molar-refractivity contribution >= 4 is 23.3 Å². The number of carboxylic acids is 1. The minimum atomic E-state index is -1.01. The molecular weight excluding hydrogens is 564 g/mol. The molecule has 234 valence electrons. The van der Waals surface area contributed by atoms with Crippen LogP contribution in [0.25, 0.3) is 0 Å². The lowest BCUT2D eigenvalue weighted by molar-refractivity contribution is -0.138. The van der Waals surface area contributed by atoms with Crippen molar-refractivity contribution in [3.63, 3.8) is 0 Å². The molecule has 4 aromatic rings. The van der Waals surface area contributed by atoms with Crippen LogP contribution in [0.1, 0.15) is 59.3 Å². The average molecular weight is 607 g/mol. The number of para-hydroxylation sites is 1. The van der Waals surface area contributed by atoms with E-state index >= 15 is 0 Å². The zero-order chi connectivity index (χ0) is 32.2. The number of benzene rings is 4. The van der Waals surface area contributed by atoms with E-state index < -0.39 is 12.0 Å². The minimum absolute atomic E-state index is 0.143. The average Bonchev–Trinajstić information content (AvgIpc) is 3.03. The van der Waals surface area contributed by atoms with Crippen LogP contribution in [-0.4, -0.2) is 46.9 Å². The quantitative estimate of drug-likeness (QED) is 0.104. The highest BCUT2D eigenvalue weighted by Crippen LogP contribution is 2.22. The fourth-order valence-corrected chi connectivity index (χ4v) is 5.14. The van der Waals surface area contributed by atoms with Crippen molar-refractivity contribution in [1.29, 1.82) is 0 Å². The van der Waals surface area contributed by atoms with E-state index in [1.807, 2.05) is 47.4 Å². The van der Waals surface area contributed by atoms with Gasteiger partial charge in [0.2, 0.25) is 5.91 Å². The van der Waals surface area contributed by atoms with Crippen LogP contribution in [0.15, 0.2) is 103 Å². The molecule has 0 spiro atoms. The Morgan fingerprint density at radius 2 is 1.56 bits per heavy atom. The molecule has 0 bridgehead atoms. The number of carbonyl (C=O) groups excluding carboxylic acids is 2. The largest absolute Gasteiger partial charge is 0.494 e. The highest BCUT2D eigenvalue weighted by Gasteiger charge is 2.21. The highest BCUT2D eigenvalue weighted by atomic mass is 16.5. The van der Waals surface area contributed by atoms with Crippen LogP contribution in [-0.2, 0) is 22.6 Å². The van der Waals surface area contributed by atoms with Crippen molar-refractivity contribution in [2.24, 2.45) is 5.92 Å². The number of hydrogen-bond acceptors (Lipinski definition) is 5. The molecule has 1 amide bonds. The Bertz CT molecular complexity index is 1570. The third kappa shape index (κ3) is 10.1. The number of carbonyl (C=O) groups is 3. The van der Waals surface area contributed by atoms with Crippen LogP contribution in [0.2, 0.25) is 0 Å². The number of hydrogen-bond donors (Lipinski definition) is 2. The maximum Gasteiger partial charge on any atom is 0.326 e. The van der Waals surface area contributed by atoms with E-state index in [1.54, 1.807) is 48.5 Å². The molecule has 0 aromatic heterocycles. The Balaban J connectivity index is 1.33. The van der Waals surface area contributed by atoms with E-state index in [1.165, 1.54) is 5.56 Å².